The molecule has 1 fully saturated rings. The van der Waals surface area contributed by atoms with Gasteiger partial charge in [-0.25, -0.2) is 0 Å². The molecule has 2 rings (SSSR count). The Morgan fingerprint density at radius 2 is 2.14 bits per heavy atom. The minimum absolute atomic E-state index is 0.0229. The molecule has 22 heavy (non-hydrogen) atoms. The topological polar surface area (TPSA) is 75.4 Å². The van der Waals surface area contributed by atoms with Crippen LogP contribution < -0.4 is 0 Å². The first-order valence-electron chi connectivity index (χ1n) is 7.97. The molecule has 1 saturated heterocycles. The van der Waals surface area contributed by atoms with Crippen molar-refractivity contribution in [2.24, 2.45) is 7.05 Å². The smallest absolute Gasteiger partial charge is 0.303 e. The van der Waals surface area contributed by atoms with Crippen LogP contribution in [0.5, 0.6) is 0 Å². The van der Waals surface area contributed by atoms with Gasteiger partial charge in [-0.2, -0.15) is 5.10 Å². The number of likely N-dealkylation sites (tertiary alicyclic amines) is 1. The van der Waals surface area contributed by atoms with Crippen molar-refractivity contribution in [3.05, 3.63) is 17.5 Å². The molecule has 0 aromatic carbocycles. The highest BCUT2D eigenvalue weighted by atomic mass is 16.4. The molecule has 1 amide bonds. The summed E-state index contributed by atoms with van der Waals surface area (Å²) >= 11 is 0. The molecule has 1 aliphatic rings. The molecule has 0 spiro atoms. The number of carboxylic acid groups (broad SMARTS) is 1. The Balaban J connectivity index is 2.16. The van der Waals surface area contributed by atoms with Crippen LogP contribution in [0.3, 0.4) is 0 Å². The minimum Gasteiger partial charge on any atom is -0.481 e. The highest BCUT2D eigenvalue weighted by Gasteiger charge is 2.29. The Morgan fingerprint density at radius 3 is 2.73 bits per heavy atom. The highest BCUT2D eigenvalue weighted by molar-refractivity contribution is 5.93. The summed E-state index contributed by atoms with van der Waals surface area (Å²) in [6, 6.07) is 1.88. The molecule has 0 saturated carbocycles. The van der Waals surface area contributed by atoms with E-state index in [0.29, 0.717) is 18.7 Å². The second-order valence-corrected chi connectivity index (χ2v) is 6.31. The SMILES string of the molecule is CC(C)c1cc(C(=O)N2CCCCC2CCC(=O)O)n(C)n1. The Labute approximate surface area is 131 Å². The zero-order chi connectivity index (χ0) is 16.3. The van der Waals surface area contributed by atoms with Crippen LogP contribution in [0.2, 0.25) is 0 Å². The standard InChI is InChI=1S/C16H25N3O3/c1-11(2)13-10-14(18(3)17-13)16(22)19-9-5-4-6-12(19)7-8-15(20)21/h10-12H,4-9H2,1-3H3,(H,20,21). The lowest BCUT2D eigenvalue weighted by atomic mass is 9.97. The van der Waals surface area contributed by atoms with Crippen molar-refractivity contribution >= 4 is 11.9 Å². The second kappa shape index (κ2) is 6.94. The van der Waals surface area contributed by atoms with Crippen molar-refractivity contribution < 1.29 is 14.7 Å². The monoisotopic (exact) mass is 307 g/mol. The number of piperidine rings is 1. The Kier molecular flexibility index (Phi) is 5.21. The number of aryl methyl sites for hydroxylation is 1. The Bertz CT molecular complexity index is 551. The average molecular weight is 307 g/mol. The molecule has 122 valence electrons. The summed E-state index contributed by atoms with van der Waals surface area (Å²) in [6.45, 7) is 4.80. The van der Waals surface area contributed by atoms with E-state index in [4.69, 9.17) is 5.11 Å². The highest BCUT2D eigenvalue weighted by Crippen LogP contribution is 2.24. The summed E-state index contributed by atoms with van der Waals surface area (Å²) in [5, 5.41) is 13.3. The number of carbonyl (C=O) groups is 2. The molecule has 0 aliphatic carbocycles. The van der Waals surface area contributed by atoms with E-state index >= 15 is 0 Å². The third kappa shape index (κ3) is 3.67. The molecule has 2 heterocycles. The van der Waals surface area contributed by atoms with Crippen molar-refractivity contribution in [3.63, 3.8) is 0 Å². The average Bonchev–Trinajstić information content (AvgIpc) is 2.87. The van der Waals surface area contributed by atoms with Gasteiger partial charge in [-0.15, -0.1) is 0 Å². The van der Waals surface area contributed by atoms with Gasteiger partial charge in [0.2, 0.25) is 0 Å². The van der Waals surface area contributed by atoms with Crippen LogP contribution in [-0.2, 0) is 11.8 Å². The van der Waals surface area contributed by atoms with Gasteiger partial charge in [0.15, 0.2) is 0 Å². The van der Waals surface area contributed by atoms with Gasteiger partial charge < -0.3 is 10.0 Å². The maximum absolute atomic E-state index is 12.8. The van der Waals surface area contributed by atoms with Crippen LogP contribution in [-0.4, -0.2) is 44.3 Å². The quantitative estimate of drug-likeness (QED) is 0.906. The van der Waals surface area contributed by atoms with Crippen molar-refractivity contribution in [1.82, 2.24) is 14.7 Å². The fraction of sp³-hybridized carbons (Fsp3) is 0.688. The van der Waals surface area contributed by atoms with Gasteiger partial charge >= 0.3 is 5.97 Å². The molecular weight excluding hydrogens is 282 g/mol. The zero-order valence-electron chi connectivity index (χ0n) is 13.6. The number of hydrogen-bond donors (Lipinski definition) is 1. The molecule has 1 aromatic rings. The summed E-state index contributed by atoms with van der Waals surface area (Å²) in [7, 11) is 1.79. The van der Waals surface area contributed by atoms with Gasteiger partial charge in [0, 0.05) is 26.1 Å². The van der Waals surface area contributed by atoms with Crippen LogP contribution in [0.4, 0.5) is 0 Å². The van der Waals surface area contributed by atoms with Gasteiger partial charge in [0.25, 0.3) is 5.91 Å². The minimum atomic E-state index is -0.805. The largest absolute Gasteiger partial charge is 0.481 e. The number of nitrogens with zero attached hydrogens (tertiary/aromatic N) is 3. The van der Waals surface area contributed by atoms with E-state index < -0.39 is 5.97 Å². The maximum Gasteiger partial charge on any atom is 0.303 e. The van der Waals surface area contributed by atoms with Crippen molar-refractivity contribution in [3.8, 4) is 0 Å². The van der Waals surface area contributed by atoms with Crippen LogP contribution in [0.15, 0.2) is 6.07 Å². The van der Waals surface area contributed by atoms with Crippen LogP contribution >= 0.6 is 0 Å². The van der Waals surface area contributed by atoms with Gasteiger partial charge in [-0.1, -0.05) is 13.8 Å². The first-order chi connectivity index (χ1) is 10.4. The number of aromatic nitrogens is 2. The van der Waals surface area contributed by atoms with E-state index in [1.54, 1.807) is 11.7 Å². The summed E-state index contributed by atoms with van der Waals surface area (Å²) in [5.74, 6) is -0.561. The molecule has 1 aromatic heterocycles. The Hall–Kier alpha value is -1.85. The molecule has 6 heteroatoms. The number of aliphatic carboxylic acids is 1. The molecule has 6 nitrogen and oxygen atoms in total. The fourth-order valence-electron chi connectivity index (χ4n) is 2.98. The lowest BCUT2D eigenvalue weighted by Crippen LogP contribution is -2.44. The number of carboxylic acids is 1. The normalized spacial score (nSPS) is 18.7. The predicted octanol–water partition coefficient (Wildman–Crippen LogP) is 2.40. The zero-order valence-corrected chi connectivity index (χ0v) is 13.6. The maximum atomic E-state index is 12.8. The van der Waals surface area contributed by atoms with E-state index in [1.165, 1.54) is 0 Å². The van der Waals surface area contributed by atoms with E-state index in [0.717, 1.165) is 25.0 Å². The van der Waals surface area contributed by atoms with Gasteiger partial charge in [-0.3, -0.25) is 14.3 Å². The molecule has 1 N–H and O–H groups in total. The lowest BCUT2D eigenvalue weighted by Gasteiger charge is -2.35. The number of amides is 1. The van der Waals surface area contributed by atoms with E-state index in [1.807, 2.05) is 24.8 Å². The van der Waals surface area contributed by atoms with E-state index in [-0.39, 0.29) is 24.3 Å². The van der Waals surface area contributed by atoms with Crippen molar-refractivity contribution in [2.75, 3.05) is 6.54 Å². The summed E-state index contributed by atoms with van der Waals surface area (Å²) in [4.78, 5) is 25.5. The summed E-state index contributed by atoms with van der Waals surface area (Å²) < 4.78 is 1.64. The van der Waals surface area contributed by atoms with E-state index in [9.17, 15) is 9.59 Å². The molecule has 1 aliphatic heterocycles. The molecule has 1 atom stereocenters. The Morgan fingerprint density at radius 1 is 1.41 bits per heavy atom. The third-order valence-electron chi connectivity index (χ3n) is 4.29. The molecule has 0 bridgehead atoms. The summed E-state index contributed by atoms with van der Waals surface area (Å²) in [5.41, 5.74) is 1.50. The first-order valence-corrected chi connectivity index (χ1v) is 7.97. The fourth-order valence-corrected chi connectivity index (χ4v) is 2.98. The number of rotatable bonds is 5. The third-order valence-corrected chi connectivity index (χ3v) is 4.29. The lowest BCUT2D eigenvalue weighted by molar-refractivity contribution is -0.137. The molecular formula is C16H25N3O3. The van der Waals surface area contributed by atoms with Crippen LogP contribution in [0.1, 0.15) is 68.1 Å². The van der Waals surface area contributed by atoms with Gasteiger partial charge in [-0.05, 0) is 37.7 Å². The van der Waals surface area contributed by atoms with Crippen molar-refractivity contribution in [2.45, 2.75) is 57.9 Å². The second-order valence-electron chi connectivity index (χ2n) is 6.31. The van der Waals surface area contributed by atoms with E-state index in [2.05, 4.69) is 5.10 Å². The van der Waals surface area contributed by atoms with Gasteiger partial charge in [0.1, 0.15) is 5.69 Å². The molecule has 0 radical (unpaired) electrons. The molecule has 1 unspecified atom stereocenters. The van der Waals surface area contributed by atoms with Crippen LogP contribution in [0.25, 0.3) is 0 Å². The summed E-state index contributed by atoms with van der Waals surface area (Å²) in [6.07, 6.45) is 3.54. The number of hydrogen-bond acceptors (Lipinski definition) is 3. The first kappa shape index (κ1) is 16.5. The predicted molar refractivity (Wildman–Crippen MR) is 82.8 cm³/mol. The van der Waals surface area contributed by atoms with Gasteiger partial charge in [0.05, 0.1) is 5.69 Å². The number of carbonyl (C=O) groups excluding carboxylic acids is 1. The van der Waals surface area contributed by atoms with Crippen molar-refractivity contribution in [1.29, 1.82) is 0 Å². The van der Waals surface area contributed by atoms with Crippen LogP contribution in [0, 0.1) is 0 Å².